The molecule has 1 aliphatic rings. The number of thiazole rings is 1. The van der Waals surface area contributed by atoms with E-state index in [0.717, 1.165) is 35.1 Å². The molecule has 2 N–H and O–H groups in total. The first kappa shape index (κ1) is 17.9. The van der Waals surface area contributed by atoms with E-state index in [2.05, 4.69) is 15.6 Å². The van der Waals surface area contributed by atoms with Gasteiger partial charge in [-0.2, -0.15) is 0 Å². The number of nitrogens with one attached hydrogen (secondary N) is 2. The number of halogens is 1. The van der Waals surface area contributed by atoms with E-state index >= 15 is 0 Å². The number of carbonyl (C=O) groups excluding carboxylic acids is 1. The molecule has 7 heteroatoms. The summed E-state index contributed by atoms with van der Waals surface area (Å²) in [6.45, 7) is 4.10. The molecule has 1 unspecified atom stereocenters. The highest BCUT2D eigenvalue weighted by molar-refractivity contribution is 7.13. The second-order valence-corrected chi connectivity index (χ2v) is 6.21. The number of hydrogen-bond acceptors (Lipinski definition) is 5. The normalized spacial score (nSPS) is 17.3. The van der Waals surface area contributed by atoms with E-state index in [4.69, 9.17) is 4.74 Å². The Bertz CT molecular complexity index is 639. The van der Waals surface area contributed by atoms with Gasteiger partial charge in [-0.15, -0.1) is 23.7 Å². The van der Waals surface area contributed by atoms with Crippen molar-refractivity contribution in [1.82, 2.24) is 10.3 Å². The van der Waals surface area contributed by atoms with Gasteiger partial charge in [0.15, 0.2) is 0 Å². The number of benzene rings is 1. The van der Waals surface area contributed by atoms with E-state index in [9.17, 15) is 4.79 Å². The van der Waals surface area contributed by atoms with Crippen LogP contribution in [0.15, 0.2) is 29.6 Å². The lowest BCUT2D eigenvalue weighted by atomic mass is 10.1. The van der Waals surface area contributed by atoms with Crippen molar-refractivity contribution in [3.8, 4) is 10.6 Å². The van der Waals surface area contributed by atoms with Gasteiger partial charge in [0.05, 0.1) is 13.2 Å². The van der Waals surface area contributed by atoms with Gasteiger partial charge in [-0.05, 0) is 31.2 Å². The molecule has 0 saturated carbocycles. The molecule has 23 heavy (non-hydrogen) atoms. The predicted molar refractivity (Wildman–Crippen MR) is 95.4 cm³/mol. The van der Waals surface area contributed by atoms with Gasteiger partial charge in [0.2, 0.25) is 5.91 Å². The third kappa shape index (κ3) is 5.00. The maximum absolute atomic E-state index is 12.0. The molecule has 5 nitrogen and oxygen atoms in total. The summed E-state index contributed by atoms with van der Waals surface area (Å²) in [5.41, 5.74) is 2.90. The van der Waals surface area contributed by atoms with Gasteiger partial charge in [0.1, 0.15) is 5.01 Å². The molecule has 1 fully saturated rings. The molecular weight excluding hydrogens is 334 g/mol. The van der Waals surface area contributed by atoms with Crippen molar-refractivity contribution in [2.75, 3.05) is 25.1 Å². The molecule has 124 valence electrons. The van der Waals surface area contributed by atoms with Crippen LogP contribution in [0.5, 0.6) is 0 Å². The molecule has 1 aliphatic heterocycles. The lowest BCUT2D eigenvalue weighted by molar-refractivity contribution is -0.117. The van der Waals surface area contributed by atoms with Crippen molar-refractivity contribution in [1.29, 1.82) is 0 Å². The van der Waals surface area contributed by atoms with Crippen LogP contribution >= 0.6 is 23.7 Å². The number of hydrogen-bond donors (Lipinski definition) is 2. The fraction of sp³-hybridized carbons (Fsp3) is 0.375. The van der Waals surface area contributed by atoms with Crippen molar-refractivity contribution in [2.45, 2.75) is 19.4 Å². The zero-order valence-electron chi connectivity index (χ0n) is 12.9. The maximum Gasteiger partial charge on any atom is 0.226 e. The summed E-state index contributed by atoms with van der Waals surface area (Å²) in [6.07, 6.45) is 0.424. The highest BCUT2D eigenvalue weighted by Crippen LogP contribution is 2.24. The topological polar surface area (TPSA) is 63.2 Å². The van der Waals surface area contributed by atoms with Gasteiger partial charge in [0, 0.05) is 41.3 Å². The maximum atomic E-state index is 12.0. The molecule has 3 rings (SSSR count). The lowest BCUT2D eigenvalue weighted by Gasteiger charge is -2.23. The highest BCUT2D eigenvalue weighted by Gasteiger charge is 2.16. The molecule has 1 aromatic carbocycles. The average Bonchev–Trinajstić information content (AvgIpc) is 2.95. The molecule has 0 spiro atoms. The Hall–Kier alpha value is -1.47. The van der Waals surface area contributed by atoms with Crippen molar-refractivity contribution >= 4 is 35.3 Å². The molecular formula is C16H20ClN3O2S. The minimum atomic E-state index is 0. The zero-order valence-corrected chi connectivity index (χ0v) is 14.5. The molecule has 0 bridgehead atoms. The van der Waals surface area contributed by atoms with Gasteiger partial charge in [-0.3, -0.25) is 4.79 Å². The number of rotatable bonds is 4. The SMILES string of the molecule is Cc1csc(-c2ccc(NC(=O)CC3COCCN3)cc2)n1.Cl. The largest absolute Gasteiger partial charge is 0.378 e. The van der Waals surface area contributed by atoms with E-state index in [-0.39, 0.29) is 24.4 Å². The molecule has 2 aromatic rings. The van der Waals surface area contributed by atoms with Gasteiger partial charge < -0.3 is 15.4 Å². The monoisotopic (exact) mass is 353 g/mol. The number of morpholine rings is 1. The minimum Gasteiger partial charge on any atom is -0.378 e. The van der Waals surface area contributed by atoms with E-state index in [1.165, 1.54) is 0 Å². The number of anilines is 1. The molecule has 1 saturated heterocycles. The Morgan fingerprint density at radius 1 is 1.43 bits per heavy atom. The number of carbonyl (C=O) groups is 1. The Balaban J connectivity index is 0.00000192. The van der Waals surface area contributed by atoms with Crippen LogP contribution in [0.4, 0.5) is 5.69 Å². The Morgan fingerprint density at radius 3 is 2.83 bits per heavy atom. The number of amides is 1. The van der Waals surface area contributed by atoms with Gasteiger partial charge in [0.25, 0.3) is 0 Å². The molecule has 1 atom stereocenters. The van der Waals surface area contributed by atoms with Crippen LogP contribution in [0.2, 0.25) is 0 Å². The number of nitrogens with zero attached hydrogens (tertiary/aromatic N) is 1. The van der Waals surface area contributed by atoms with Gasteiger partial charge in [-0.1, -0.05) is 0 Å². The van der Waals surface area contributed by atoms with E-state index in [1.54, 1.807) is 11.3 Å². The second kappa shape index (κ2) is 8.40. The Kier molecular flexibility index (Phi) is 6.53. The van der Waals surface area contributed by atoms with Crippen LogP contribution in [0.1, 0.15) is 12.1 Å². The van der Waals surface area contributed by atoms with Crippen LogP contribution in [-0.4, -0.2) is 36.7 Å². The van der Waals surface area contributed by atoms with Gasteiger partial charge >= 0.3 is 0 Å². The van der Waals surface area contributed by atoms with Crippen molar-refractivity contribution in [3.05, 3.63) is 35.3 Å². The summed E-state index contributed by atoms with van der Waals surface area (Å²) < 4.78 is 5.35. The van der Waals surface area contributed by atoms with Crippen LogP contribution in [0.25, 0.3) is 10.6 Å². The standard InChI is InChI=1S/C16H19N3O2S.ClH/c1-11-10-22-16(18-11)12-2-4-13(5-3-12)19-15(20)8-14-9-21-7-6-17-14;/h2-5,10,14,17H,6-9H2,1H3,(H,19,20);1H. The summed E-state index contributed by atoms with van der Waals surface area (Å²) in [6, 6.07) is 7.89. The van der Waals surface area contributed by atoms with E-state index < -0.39 is 0 Å². The summed E-state index contributed by atoms with van der Waals surface area (Å²) in [7, 11) is 0. The number of ether oxygens (including phenoxy) is 1. The first-order chi connectivity index (χ1) is 10.7. The van der Waals surface area contributed by atoms with E-state index in [0.29, 0.717) is 13.0 Å². The van der Waals surface area contributed by atoms with Crippen molar-refractivity contribution in [3.63, 3.8) is 0 Å². The summed E-state index contributed by atoms with van der Waals surface area (Å²) in [4.78, 5) is 16.5. The number of aromatic nitrogens is 1. The molecule has 0 radical (unpaired) electrons. The van der Waals surface area contributed by atoms with Crippen molar-refractivity contribution < 1.29 is 9.53 Å². The van der Waals surface area contributed by atoms with Gasteiger partial charge in [-0.25, -0.2) is 4.98 Å². The first-order valence-electron chi connectivity index (χ1n) is 7.34. The molecule has 0 aliphatic carbocycles. The van der Waals surface area contributed by atoms with Crippen LogP contribution in [0.3, 0.4) is 0 Å². The third-order valence-electron chi connectivity index (χ3n) is 3.46. The second-order valence-electron chi connectivity index (χ2n) is 5.35. The predicted octanol–water partition coefficient (Wildman–Crippen LogP) is 2.86. The minimum absolute atomic E-state index is 0. The summed E-state index contributed by atoms with van der Waals surface area (Å²) in [5.74, 6) is 0.000781. The fourth-order valence-electron chi connectivity index (χ4n) is 2.37. The van der Waals surface area contributed by atoms with E-state index in [1.807, 2.05) is 36.6 Å². The quantitative estimate of drug-likeness (QED) is 0.887. The third-order valence-corrected chi connectivity index (χ3v) is 4.47. The van der Waals surface area contributed by atoms with Crippen LogP contribution in [-0.2, 0) is 9.53 Å². The van der Waals surface area contributed by atoms with Crippen LogP contribution in [0, 0.1) is 6.92 Å². The zero-order chi connectivity index (χ0) is 15.4. The summed E-state index contributed by atoms with van der Waals surface area (Å²) >= 11 is 1.63. The number of aryl methyl sites for hydroxylation is 1. The highest BCUT2D eigenvalue weighted by atomic mass is 35.5. The summed E-state index contributed by atoms with van der Waals surface area (Å²) in [5, 5.41) is 9.23. The van der Waals surface area contributed by atoms with Crippen molar-refractivity contribution in [2.24, 2.45) is 0 Å². The smallest absolute Gasteiger partial charge is 0.226 e. The average molecular weight is 354 g/mol. The first-order valence-corrected chi connectivity index (χ1v) is 8.22. The van der Waals surface area contributed by atoms with Crippen LogP contribution < -0.4 is 10.6 Å². The Labute approximate surface area is 145 Å². The lowest BCUT2D eigenvalue weighted by Crippen LogP contribution is -2.43. The molecule has 2 heterocycles. The fourth-order valence-corrected chi connectivity index (χ4v) is 3.17. The molecule has 1 aromatic heterocycles. The molecule has 1 amide bonds. The Morgan fingerprint density at radius 2 is 2.22 bits per heavy atom.